The zero-order chi connectivity index (χ0) is 13.5. The highest BCUT2D eigenvalue weighted by molar-refractivity contribution is 5.92. The van der Waals surface area contributed by atoms with E-state index in [0.29, 0.717) is 17.7 Å². The maximum atomic E-state index is 12.8. The van der Waals surface area contributed by atoms with Gasteiger partial charge >= 0.3 is 0 Å². The monoisotopic (exact) mass is 273 g/mol. The van der Waals surface area contributed by atoms with E-state index in [1.807, 2.05) is 6.07 Å². The quantitative estimate of drug-likeness (QED) is 0.900. The number of carbonyl (C=O) groups excluding carboxylic acids is 1. The van der Waals surface area contributed by atoms with E-state index in [4.69, 9.17) is 0 Å². The lowest BCUT2D eigenvalue weighted by Gasteiger charge is -2.43. The summed E-state index contributed by atoms with van der Waals surface area (Å²) in [6.45, 7) is 0.922. The number of nitrogens with one attached hydrogen (secondary N) is 1. The molecule has 1 aromatic heterocycles. The average molecular weight is 273 g/mol. The summed E-state index contributed by atoms with van der Waals surface area (Å²) < 4.78 is 0. The van der Waals surface area contributed by atoms with Crippen LogP contribution in [-0.2, 0) is 0 Å². The Morgan fingerprint density at radius 3 is 2.80 bits per heavy atom. The van der Waals surface area contributed by atoms with E-state index in [9.17, 15) is 4.79 Å². The van der Waals surface area contributed by atoms with E-state index in [-0.39, 0.29) is 5.91 Å². The molecule has 1 amide bonds. The van der Waals surface area contributed by atoms with E-state index in [1.54, 1.807) is 0 Å². The molecule has 4 rings (SSSR count). The molecule has 3 fully saturated rings. The molecular formula is C16H23N3O. The number of H-pyrrole nitrogens is 1. The third kappa shape index (κ3) is 2.15. The zero-order valence-electron chi connectivity index (χ0n) is 12.0. The Morgan fingerprint density at radius 2 is 1.95 bits per heavy atom. The van der Waals surface area contributed by atoms with Gasteiger partial charge in [0.2, 0.25) is 0 Å². The van der Waals surface area contributed by atoms with Crippen molar-refractivity contribution in [3.05, 3.63) is 17.5 Å². The first-order valence-electron chi connectivity index (χ1n) is 8.19. The molecule has 108 valence electrons. The number of hydrogen-bond acceptors (Lipinski definition) is 2. The van der Waals surface area contributed by atoms with Crippen LogP contribution in [0.2, 0.25) is 0 Å². The molecule has 0 radical (unpaired) electrons. The molecule has 1 aromatic rings. The highest BCUT2D eigenvalue weighted by atomic mass is 16.2. The van der Waals surface area contributed by atoms with Gasteiger partial charge in [0.25, 0.3) is 5.91 Å². The summed E-state index contributed by atoms with van der Waals surface area (Å²) in [7, 11) is 0. The summed E-state index contributed by atoms with van der Waals surface area (Å²) in [6, 6.07) is 2.47. The van der Waals surface area contributed by atoms with Crippen molar-refractivity contribution in [2.45, 2.75) is 63.3 Å². The molecule has 1 saturated heterocycles. The fourth-order valence-corrected chi connectivity index (χ4v) is 4.07. The van der Waals surface area contributed by atoms with Crippen LogP contribution in [-0.4, -0.2) is 33.6 Å². The number of hydrogen-bond donors (Lipinski definition) is 1. The molecule has 2 unspecified atom stereocenters. The molecular weight excluding hydrogens is 250 g/mol. The molecule has 3 aliphatic rings. The predicted molar refractivity (Wildman–Crippen MR) is 76.6 cm³/mol. The van der Waals surface area contributed by atoms with E-state index < -0.39 is 0 Å². The Hall–Kier alpha value is -1.32. The van der Waals surface area contributed by atoms with Gasteiger partial charge in [0.1, 0.15) is 5.69 Å². The molecule has 4 heteroatoms. The molecule has 2 heterocycles. The first-order chi connectivity index (χ1) is 9.83. The van der Waals surface area contributed by atoms with Crippen LogP contribution >= 0.6 is 0 Å². The molecule has 2 atom stereocenters. The Balaban J connectivity index is 1.53. The first kappa shape index (κ1) is 12.4. The molecule has 2 saturated carbocycles. The fraction of sp³-hybridized carbons (Fsp3) is 0.750. The van der Waals surface area contributed by atoms with Crippen molar-refractivity contribution in [1.29, 1.82) is 0 Å². The normalized spacial score (nSPS) is 30.1. The molecule has 1 aliphatic heterocycles. The topological polar surface area (TPSA) is 49.0 Å². The van der Waals surface area contributed by atoms with Crippen LogP contribution in [0.4, 0.5) is 0 Å². The summed E-state index contributed by atoms with van der Waals surface area (Å²) in [5, 5.41) is 7.34. The van der Waals surface area contributed by atoms with E-state index in [2.05, 4.69) is 15.1 Å². The van der Waals surface area contributed by atoms with Crippen molar-refractivity contribution in [1.82, 2.24) is 15.1 Å². The van der Waals surface area contributed by atoms with Crippen LogP contribution < -0.4 is 0 Å². The highest BCUT2D eigenvalue weighted by Crippen LogP contribution is 2.39. The summed E-state index contributed by atoms with van der Waals surface area (Å²) in [6.07, 6.45) is 10.1. The highest BCUT2D eigenvalue weighted by Gasteiger charge is 2.37. The van der Waals surface area contributed by atoms with Crippen LogP contribution in [0.25, 0.3) is 0 Å². The van der Waals surface area contributed by atoms with Gasteiger partial charge in [0.15, 0.2) is 0 Å². The number of aromatic nitrogens is 2. The average Bonchev–Trinajstić information content (AvgIpc) is 3.23. The van der Waals surface area contributed by atoms with Crippen LogP contribution in [0.3, 0.4) is 0 Å². The fourth-order valence-electron chi connectivity index (χ4n) is 4.07. The van der Waals surface area contributed by atoms with Crippen molar-refractivity contribution < 1.29 is 4.79 Å². The lowest BCUT2D eigenvalue weighted by molar-refractivity contribution is 0.0385. The Morgan fingerprint density at radius 1 is 1.15 bits per heavy atom. The second-order valence-corrected chi connectivity index (χ2v) is 6.74. The molecule has 0 bridgehead atoms. The summed E-state index contributed by atoms with van der Waals surface area (Å²) in [5.74, 6) is 1.53. The SMILES string of the molecule is O=C(c1cc(C2CC2)[nH]n1)N1CCCC2CCCCC21. The van der Waals surface area contributed by atoms with Gasteiger partial charge in [-0.25, -0.2) is 0 Å². The van der Waals surface area contributed by atoms with Crippen molar-refractivity contribution in [2.75, 3.05) is 6.54 Å². The lowest BCUT2D eigenvalue weighted by Crippen LogP contribution is -2.49. The van der Waals surface area contributed by atoms with Gasteiger partial charge in [0.05, 0.1) is 0 Å². The Kier molecular flexibility index (Phi) is 3.04. The standard InChI is InChI=1S/C16H23N3O/c20-16(14-10-13(17-18-14)11-7-8-11)19-9-3-5-12-4-1-2-6-15(12)19/h10-12,15H,1-9H2,(H,17,18). The predicted octanol–water partition coefficient (Wildman–Crippen LogP) is 3.08. The third-order valence-corrected chi connectivity index (χ3v) is 5.34. The number of aromatic amines is 1. The van der Waals surface area contributed by atoms with Crippen LogP contribution in [0, 0.1) is 5.92 Å². The maximum Gasteiger partial charge on any atom is 0.274 e. The lowest BCUT2D eigenvalue weighted by atomic mass is 9.78. The van der Waals surface area contributed by atoms with Crippen LogP contribution in [0.1, 0.15) is 73.5 Å². The smallest absolute Gasteiger partial charge is 0.274 e. The number of amides is 1. The van der Waals surface area contributed by atoms with E-state index >= 15 is 0 Å². The minimum absolute atomic E-state index is 0.157. The van der Waals surface area contributed by atoms with Crippen molar-refractivity contribution in [3.8, 4) is 0 Å². The summed E-state index contributed by atoms with van der Waals surface area (Å²) in [5.41, 5.74) is 1.80. The van der Waals surface area contributed by atoms with E-state index in [0.717, 1.165) is 24.6 Å². The first-order valence-corrected chi connectivity index (χ1v) is 8.19. The second kappa shape index (κ2) is 4.90. The summed E-state index contributed by atoms with van der Waals surface area (Å²) in [4.78, 5) is 14.9. The van der Waals surface area contributed by atoms with Crippen LogP contribution in [0.15, 0.2) is 6.07 Å². The molecule has 0 aromatic carbocycles. The molecule has 0 spiro atoms. The van der Waals surface area contributed by atoms with Crippen molar-refractivity contribution >= 4 is 5.91 Å². The minimum Gasteiger partial charge on any atom is -0.334 e. The van der Waals surface area contributed by atoms with Crippen molar-refractivity contribution in [2.24, 2.45) is 5.92 Å². The number of likely N-dealkylation sites (tertiary alicyclic amines) is 1. The van der Waals surface area contributed by atoms with Gasteiger partial charge in [-0.3, -0.25) is 9.89 Å². The Bertz CT molecular complexity index is 504. The van der Waals surface area contributed by atoms with Gasteiger partial charge in [-0.05, 0) is 50.5 Å². The molecule has 20 heavy (non-hydrogen) atoms. The van der Waals surface area contributed by atoms with Gasteiger partial charge in [-0.15, -0.1) is 0 Å². The number of fused-ring (bicyclic) bond motifs is 1. The summed E-state index contributed by atoms with van der Waals surface area (Å²) >= 11 is 0. The molecule has 2 aliphatic carbocycles. The van der Waals surface area contributed by atoms with E-state index in [1.165, 1.54) is 44.9 Å². The number of nitrogens with zero attached hydrogens (tertiary/aromatic N) is 2. The third-order valence-electron chi connectivity index (χ3n) is 5.34. The zero-order valence-corrected chi connectivity index (χ0v) is 12.0. The van der Waals surface area contributed by atoms with Crippen molar-refractivity contribution in [3.63, 3.8) is 0 Å². The van der Waals surface area contributed by atoms with Crippen LogP contribution in [0.5, 0.6) is 0 Å². The molecule has 4 nitrogen and oxygen atoms in total. The van der Waals surface area contributed by atoms with Gasteiger partial charge in [0, 0.05) is 24.2 Å². The van der Waals surface area contributed by atoms with Gasteiger partial charge in [-0.2, -0.15) is 5.10 Å². The number of carbonyl (C=O) groups is 1. The van der Waals surface area contributed by atoms with Gasteiger partial charge < -0.3 is 4.90 Å². The largest absolute Gasteiger partial charge is 0.334 e. The van der Waals surface area contributed by atoms with Gasteiger partial charge in [-0.1, -0.05) is 12.8 Å². The molecule has 1 N–H and O–H groups in total. The maximum absolute atomic E-state index is 12.8. The second-order valence-electron chi connectivity index (χ2n) is 6.74. The number of rotatable bonds is 2. The minimum atomic E-state index is 0.157. The Labute approximate surface area is 119 Å². The number of piperidine rings is 1.